The Morgan fingerprint density at radius 1 is 1.08 bits per heavy atom. The summed E-state index contributed by atoms with van der Waals surface area (Å²) in [5.41, 5.74) is 1.46. The van der Waals surface area contributed by atoms with E-state index in [4.69, 9.17) is 0 Å². The molecule has 1 aliphatic heterocycles. The zero-order valence-corrected chi connectivity index (χ0v) is 13.8. The van der Waals surface area contributed by atoms with Crippen LogP contribution in [0.15, 0.2) is 36.5 Å². The van der Waals surface area contributed by atoms with Crippen molar-refractivity contribution in [3.05, 3.63) is 42.1 Å². The second-order valence-corrected chi connectivity index (χ2v) is 6.77. The normalized spacial score (nSPS) is 25.3. The van der Waals surface area contributed by atoms with E-state index in [-0.39, 0.29) is 18.1 Å². The van der Waals surface area contributed by atoms with E-state index in [2.05, 4.69) is 9.88 Å². The number of nitrogens with zero attached hydrogens (tertiary/aromatic N) is 3. The fourth-order valence-electron chi connectivity index (χ4n) is 4.05. The smallest absolute Gasteiger partial charge is 0.256 e. The largest absolute Gasteiger partial charge is 0.391 e. The Balaban J connectivity index is 1.48. The molecule has 1 saturated carbocycles. The third kappa shape index (κ3) is 2.78. The molecule has 2 aromatic rings. The number of aliphatic hydroxyl groups excluding tert-OH is 1. The molecule has 126 valence electrons. The number of pyridine rings is 1. The summed E-state index contributed by atoms with van der Waals surface area (Å²) in [5, 5.41) is 11.1. The number of hydrogen-bond acceptors (Lipinski definition) is 4. The SMILES string of the molecule is O=C(c1cccc2cccnc12)N1CCN(C2CCCC2O)CC1. The topological polar surface area (TPSA) is 56.7 Å². The van der Waals surface area contributed by atoms with E-state index in [1.165, 1.54) is 0 Å². The van der Waals surface area contributed by atoms with Crippen LogP contribution < -0.4 is 0 Å². The highest BCUT2D eigenvalue weighted by Gasteiger charge is 2.33. The quantitative estimate of drug-likeness (QED) is 0.916. The first-order valence-corrected chi connectivity index (χ1v) is 8.79. The molecule has 4 rings (SSSR count). The van der Waals surface area contributed by atoms with Crippen molar-refractivity contribution in [1.82, 2.24) is 14.8 Å². The number of rotatable bonds is 2. The van der Waals surface area contributed by atoms with E-state index in [0.717, 1.165) is 43.3 Å². The second-order valence-electron chi connectivity index (χ2n) is 6.77. The molecule has 24 heavy (non-hydrogen) atoms. The summed E-state index contributed by atoms with van der Waals surface area (Å²) in [4.78, 5) is 21.6. The van der Waals surface area contributed by atoms with Gasteiger partial charge in [0.25, 0.3) is 5.91 Å². The highest BCUT2D eigenvalue weighted by molar-refractivity contribution is 6.05. The summed E-state index contributed by atoms with van der Waals surface area (Å²) in [6.45, 7) is 3.11. The van der Waals surface area contributed by atoms with Crippen molar-refractivity contribution in [3.8, 4) is 0 Å². The maximum atomic E-state index is 12.9. The molecule has 1 amide bonds. The number of piperazine rings is 1. The molecule has 1 aliphatic carbocycles. The van der Waals surface area contributed by atoms with Gasteiger partial charge in [-0.2, -0.15) is 0 Å². The zero-order chi connectivity index (χ0) is 16.5. The Kier molecular flexibility index (Phi) is 4.21. The molecule has 1 N–H and O–H groups in total. The van der Waals surface area contributed by atoms with Crippen molar-refractivity contribution in [2.75, 3.05) is 26.2 Å². The van der Waals surface area contributed by atoms with Crippen molar-refractivity contribution in [2.45, 2.75) is 31.4 Å². The van der Waals surface area contributed by atoms with Crippen LogP contribution >= 0.6 is 0 Å². The highest BCUT2D eigenvalue weighted by Crippen LogP contribution is 2.25. The molecular weight excluding hydrogens is 302 g/mol. The zero-order valence-electron chi connectivity index (χ0n) is 13.8. The molecule has 1 saturated heterocycles. The Morgan fingerprint density at radius 2 is 1.88 bits per heavy atom. The van der Waals surface area contributed by atoms with Crippen LogP contribution in [0.1, 0.15) is 29.6 Å². The highest BCUT2D eigenvalue weighted by atomic mass is 16.3. The van der Waals surface area contributed by atoms with Crippen molar-refractivity contribution in [2.24, 2.45) is 0 Å². The lowest BCUT2D eigenvalue weighted by atomic mass is 10.1. The summed E-state index contributed by atoms with van der Waals surface area (Å²) in [6.07, 6.45) is 4.62. The molecule has 2 heterocycles. The molecule has 0 bridgehead atoms. The lowest BCUT2D eigenvalue weighted by molar-refractivity contribution is 0.0316. The number of carbonyl (C=O) groups is 1. The maximum absolute atomic E-state index is 12.9. The van der Waals surface area contributed by atoms with Gasteiger partial charge in [-0.15, -0.1) is 0 Å². The van der Waals surface area contributed by atoms with Crippen LogP contribution in [-0.4, -0.2) is 64.1 Å². The summed E-state index contributed by atoms with van der Waals surface area (Å²) in [5.74, 6) is 0.0610. The number of amides is 1. The maximum Gasteiger partial charge on any atom is 0.256 e. The van der Waals surface area contributed by atoms with Crippen molar-refractivity contribution in [3.63, 3.8) is 0 Å². The van der Waals surface area contributed by atoms with Gasteiger partial charge >= 0.3 is 0 Å². The molecular formula is C19H23N3O2. The van der Waals surface area contributed by atoms with Gasteiger partial charge in [0, 0.05) is 43.8 Å². The fourth-order valence-corrected chi connectivity index (χ4v) is 4.05. The van der Waals surface area contributed by atoms with Gasteiger partial charge in [0.1, 0.15) is 0 Å². The Labute approximate surface area is 141 Å². The van der Waals surface area contributed by atoms with Crippen molar-refractivity contribution < 1.29 is 9.90 Å². The monoisotopic (exact) mass is 325 g/mol. The molecule has 1 aromatic heterocycles. The molecule has 0 radical (unpaired) electrons. The molecule has 2 fully saturated rings. The summed E-state index contributed by atoms with van der Waals surface area (Å²) in [7, 11) is 0. The number of hydrogen-bond donors (Lipinski definition) is 1. The van der Waals surface area contributed by atoms with Crippen LogP contribution in [0.25, 0.3) is 10.9 Å². The third-order valence-electron chi connectivity index (χ3n) is 5.38. The van der Waals surface area contributed by atoms with E-state index < -0.39 is 0 Å². The minimum absolute atomic E-state index is 0.0610. The molecule has 1 aromatic carbocycles. The fraction of sp³-hybridized carbons (Fsp3) is 0.474. The Hall–Kier alpha value is -1.98. The standard InChI is InChI=1S/C19H23N3O2/c23-17-8-2-7-16(17)21-10-12-22(13-11-21)19(24)15-6-1-4-14-5-3-9-20-18(14)15/h1,3-6,9,16-17,23H,2,7-8,10-13H2. The second kappa shape index (κ2) is 6.49. The predicted octanol–water partition coefficient (Wildman–Crippen LogP) is 1.91. The van der Waals surface area contributed by atoms with E-state index in [9.17, 15) is 9.90 Å². The van der Waals surface area contributed by atoms with Crippen molar-refractivity contribution in [1.29, 1.82) is 0 Å². The van der Waals surface area contributed by atoms with Crippen LogP contribution in [0.3, 0.4) is 0 Å². The molecule has 5 nitrogen and oxygen atoms in total. The first kappa shape index (κ1) is 15.5. The molecule has 2 aliphatic rings. The number of benzene rings is 1. The number of carbonyl (C=O) groups excluding carboxylic acids is 1. The van der Waals surface area contributed by atoms with Gasteiger partial charge in [0.05, 0.1) is 17.2 Å². The van der Waals surface area contributed by atoms with Crippen LogP contribution in [-0.2, 0) is 0 Å². The first-order chi connectivity index (χ1) is 11.7. The molecule has 2 atom stereocenters. The predicted molar refractivity (Wildman–Crippen MR) is 92.9 cm³/mol. The summed E-state index contributed by atoms with van der Waals surface area (Å²) in [6, 6.07) is 9.92. The lowest BCUT2D eigenvalue weighted by Crippen LogP contribution is -2.53. The van der Waals surface area contributed by atoms with Crippen LogP contribution in [0.4, 0.5) is 0 Å². The average Bonchev–Trinajstić information content (AvgIpc) is 3.07. The number of para-hydroxylation sites is 1. The molecule has 2 unspecified atom stereocenters. The van der Waals surface area contributed by atoms with Gasteiger partial charge in [-0.05, 0) is 31.4 Å². The van der Waals surface area contributed by atoms with E-state index in [0.29, 0.717) is 18.7 Å². The van der Waals surface area contributed by atoms with Crippen LogP contribution in [0.5, 0.6) is 0 Å². The van der Waals surface area contributed by atoms with Crippen molar-refractivity contribution >= 4 is 16.8 Å². The molecule has 0 spiro atoms. The van der Waals surface area contributed by atoms with E-state index in [1.807, 2.05) is 35.2 Å². The number of aliphatic hydroxyl groups is 1. The minimum Gasteiger partial charge on any atom is -0.391 e. The Morgan fingerprint density at radius 3 is 2.62 bits per heavy atom. The lowest BCUT2D eigenvalue weighted by Gasteiger charge is -2.39. The van der Waals surface area contributed by atoms with Gasteiger partial charge in [-0.3, -0.25) is 14.7 Å². The Bertz CT molecular complexity index is 735. The minimum atomic E-state index is -0.200. The van der Waals surface area contributed by atoms with Gasteiger partial charge < -0.3 is 10.0 Å². The third-order valence-corrected chi connectivity index (χ3v) is 5.38. The van der Waals surface area contributed by atoms with Gasteiger partial charge in [-0.25, -0.2) is 0 Å². The van der Waals surface area contributed by atoms with E-state index in [1.54, 1.807) is 6.20 Å². The van der Waals surface area contributed by atoms with Gasteiger partial charge in [0.15, 0.2) is 0 Å². The average molecular weight is 325 g/mol. The number of fused-ring (bicyclic) bond motifs is 1. The molecule has 5 heteroatoms. The first-order valence-electron chi connectivity index (χ1n) is 8.79. The summed E-state index contributed by atoms with van der Waals surface area (Å²) < 4.78 is 0. The number of aromatic nitrogens is 1. The van der Waals surface area contributed by atoms with Gasteiger partial charge in [-0.1, -0.05) is 18.2 Å². The van der Waals surface area contributed by atoms with Gasteiger partial charge in [0.2, 0.25) is 0 Å². The van der Waals surface area contributed by atoms with Crippen LogP contribution in [0.2, 0.25) is 0 Å². The van der Waals surface area contributed by atoms with Crippen LogP contribution in [0, 0.1) is 0 Å². The van der Waals surface area contributed by atoms with E-state index >= 15 is 0 Å². The summed E-state index contributed by atoms with van der Waals surface area (Å²) >= 11 is 0.